The average molecular weight is 464 g/mol. The van der Waals surface area contributed by atoms with E-state index in [1.165, 1.54) is 18.2 Å². The number of anilines is 1. The van der Waals surface area contributed by atoms with Gasteiger partial charge < -0.3 is 14.5 Å². The summed E-state index contributed by atoms with van der Waals surface area (Å²) in [6.07, 6.45) is 0. The highest BCUT2D eigenvalue weighted by molar-refractivity contribution is 7.89. The van der Waals surface area contributed by atoms with Crippen LogP contribution in [0.4, 0.5) is 10.1 Å². The van der Waals surface area contributed by atoms with Crippen LogP contribution in [0.3, 0.4) is 0 Å². The van der Waals surface area contributed by atoms with E-state index in [9.17, 15) is 17.6 Å². The van der Waals surface area contributed by atoms with E-state index in [1.807, 2.05) is 13.8 Å². The summed E-state index contributed by atoms with van der Waals surface area (Å²) in [4.78, 5) is 16.6. The zero-order valence-electron chi connectivity index (χ0n) is 18.7. The molecule has 0 aromatic heterocycles. The third-order valence-corrected chi connectivity index (χ3v) is 6.73. The highest BCUT2D eigenvalue weighted by Crippen LogP contribution is 2.22. The van der Waals surface area contributed by atoms with Crippen LogP contribution in [0.15, 0.2) is 47.4 Å². The molecule has 2 aromatic carbocycles. The lowest BCUT2D eigenvalue weighted by Crippen LogP contribution is -2.50. The standard InChI is InChI=1S/C23H30FN3O4S/c1-17(2)15-25-32(29,30)21-8-9-22(18(3)14-21)31-16-23(28)27-12-10-26(11-13-27)20-6-4-19(24)5-7-20/h4-9,14,17,25H,10-13,15-16H2,1-3H3. The van der Waals surface area contributed by atoms with Gasteiger partial charge in [-0.3, -0.25) is 4.79 Å². The molecule has 0 spiro atoms. The van der Waals surface area contributed by atoms with Crippen molar-refractivity contribution in [3.8, 4) is 5.75 Å². The van der Waals surface area contributed by atoms with E-state index >= 15 is 0 Å². The van der Waals surface area contributed by atoms with Gasteiger partial charge in [0.05, 0.1) is 4.90 Å². The monoisotopic (exact) mass is 463 g/mol. The van der Waals surface area contributed by atoms with Gasteiger partial charge in [-0.25, -0.2) is 17.5 Å². The molecule has 2 aromatic rings. The molecule has 7 nitrogen and oxygen atoms in total. The summed E-state index contributed by atoms with van der Waals surface area (Å²) >= 11 is 0. The van der Waals surface area contributed by atoms with Gasteiger partial charge in [0.1, 0.15) is 11.6 Å². The Balaban J connectivity index is 1.52. The summed E-state index contributed by atoms with van der Waals surface area (Å²) in [6, 6.07) is 10.9. The minimum absolute atomic E-state index is 0.116. The van der Waals surface area contributed by atoms with Gasteiger partial charge in [-0.1, -0.05) is 13.8 Å². The minimum Gasteiger partial charge on any atom is -0.483 e. The molecule has 1 heterocycles. The van der Waals surface area contributed by atoms with Crippen LogP contribution in [-0.2, 0) is 14.8 Å². The molecule has 174 valence electrons. The molecular weight excluding hydrogens is 433 g/mol. The first-order valence-corrected chi connectivity index (χ1v) is 12.2. The van der Waals surface area contributed by atoms with Crippen molar-refractivity contribution in [2.75, 3.05) is 44.2 Å². The number of nitrogens with zero attached hydrogens (tertiary/aromatic N) is 2. The number of ether oxygens (including phenoxy) is 1. The number of amides is 1. The van der Waals surface area contributed by atoms with Crippen LogP contribution in [0.2, 0.25) is 0 Å². The Morgan fingerprint density at radius 1 is 1.09 bits per heavy atom. The number of rotatable bonds is 8. The third kappa shape index (κ3) is 6.20. The molecule has 0 aliphatic carbocycles. The lowest BCUT2D eigenvalue weighted by Gasteiger charge is -2.36. The summed E-state index contributed by atoms with van der Waals surface area (Å²) < 4.78 is 46.1. The van der Waals surface area contributed by atoms with Gasteiger partial charge in [0.2, 0.25) is 10.0 Å². The Kier molecular flexibility index (Phi) is 7.73. The molecule has 32 heavy (non-hydrogen) atoms. The van der Waals surface area contributed by atoms with Crippen molar-refractivity contribution in [3.63, 3.8) is 0 Å². The van der Waals surface area contributed by atoms with Crippen LogP contribution in [0.25, 0.3) is 0 Å². The van der Waals surface area contributed by atoms with Gasteiger partial charge in [0, 0.05) is 38.4 Å². The summed E-state index contributed by atoms with van der Waals surface area (Å²) in [5.41, 5.74) is 1.58. The van der Waals surface area contributed by atoms with Crippen molar-refractivity contribution >= 4 is 21.6 Å². The Morgan fingerprint density at radius 3 is 2.34 bits per heavy atom. The number of carbonyl (C=O) groups excluding carboxylic acids is 1. The molecule has 1 saturated heterocycles. The number of hydrogen-bond acceptors (Lipinski definition) is 5. The first kappa shape index (κ1) is 24.0. The summed E-state index contributed by atoms with van der Waals surface area (Å²) in [7, 11) is -3.58. The normalized spacial score (nSPS) is 14.7. The topological polar surface area (TPSA) is 78.9 Å². The van der Waals surface area contributed by atoms with Crippen molar-refractivity contribution in [1.29, 1.82) is 0 Å². The second-order valence-corrected chi connectivity index (χ2v) is 10.1. The van der Waals surface area contributed by atoms with Crippen molar-refractivity contribution in [3.05, 3.63) is 53.8 Å². The first-order chi connectivity index (χ1) is 15.2. The van der Waals surface area contributed by atoms with Crippen molar-refractivity contribution in [2.24, 2.45) is 5.92 Å². The zero-order chi connectivity index (χ0) is 23.3. The highest BCUT2D eigenvalue weighted by Gasteiger charge is 2.22. The average Bonchev–Trinajstić information content (AvgIpc) is 2.77. The van der Waals surface area contributed by atoms with E-state index in [-0.39, 0.29) is 29.1 Å². The van der Waals surface area contributed by atoms with Crippen molar-refractivity contribution < 1.29 is 22.3 Å². The fraction of sp³-hybridized carbons (Fsp3) is 0.435. The highest BCUT2D eigenvalue weighted by atomic mass is 32.2. The van der Waals surface area contributed by atoms with Crippen LogP contribution in [0.1, 0.15) is 19.4 Å². The molecule has 0 saturated carbocycles. The van der Waals surface area contributed by atoms with E-state index in [2.05, 4.69) is 9.62 Å². The molecule has 1 aliphatic heterocycles. The van der Waals surface area contributed by atoms with Crippen LogP contribution in [-0.4, -0.2) is 58.6 Å². The smallest absolute Gasteiger partial charge is 0.260 e. The first-order valence-electron chi connectivity index (χ1n) is 10.7. The predicted octanol–water partition coefficient (Wildman–Crippen LogP) is 2.80. The van der Waals surface area contributed by atoms with Crippen LogP contribution in [0.5, 0.6) is 5.75 Å². The fourth-order valence-corrected chi connectivity index (χ4v) is 4.71. The Hall–Kier alpha value is -2.65. The molecule has 1 fully saturated rings. The molecule has 1 N–H and O–H groups in total. The maximum absolute atomic E-state index is 13.1. The lowest BCUT2D eigenvalue weighted by atomic mass is 10.2. The predicted molar refractivity (Wildman–Crippen MR) is 122 cm³/mol. The minimum atomic E-state index is -3.58. The van der Waals surface area contributed by atoms with Crippen LogP contribution < -0.4 is 14.4 Å². The zero-order valence-corrected chi connectivity index (χ0v) is 19.5. The Bertz CT molecular complexity index is 1030. The Morgan fingerprint density at radius 2 is 1.75 bits per heavy atom. The van der Waals surface area contributed by atoms with E-state index in [4.69, 9.17) is 4.74 Å². The largest absolute Gasteiger partial charge is 0.483 e. The number of sulfonamides is 1. The number of hydrogen-bond donors (Lipinski definition) is 1. The molecule has 1 aliphatic rings. The summed E-state index contributed by atoms with van der Waals surface area (Å²) in [5, 5.41) is 0. The van der Waals surface area contributed by atoms with E-state index in [0.29, 0.717) is 44.0 Å². The van der Waals surface area contributed by atoms with Crippen molar-refractivity contribution in [2.45, 2.75) is 25.7 Å². The maximum atomic E-state index is 13.1. The molecule has 0 unspecified atom stereocenters. The number of piperazine rings is 1. The van der Waals surface area contributed by atoms with Crippen molar-refractivity contribution in [1.82, 2.24) is 9.62 Å². The molecule has 0 atom stereocenters. The van der Waals surface area contributed by atoms with Gasteiger partial charge >= 0.3 is 0 Å². The van der Waals surface area contributed by atoms with Crippen LogP contribution >= 0.6 is 0 Å². The number of aryl methyl sites for hydroxylation is 1. The SMILES string of the molecule is Cc1cc(S(=O)(=O)NCC(C)C)ccc1OCC(=O)N1CCN(c2ccc(F)cc2)CC1. The van der Waals surface area contributed by atoms with Gasteiger partial charge in [-0.05, 0) is 60.9 Å². The van der Waals surface area contributed by atoms with E-state index in [1.54, 1.807) is 36.1 Å². The van der Waals surface area contributed by atoms with Gasteiger partial charge in [-0.2, -0.15) is 0 Å². The summed E-state index contributed by atoms with van der Waals surface area (Å²) in [5.74, 6) is 0.286. The lowest BCUT2D eigenvalue weighted by molar-refractivity contribution is -0.133. The van der Waals surface area contributed by atoms with Gasteiger partial charge in [0.15, 0.2) is 6.61 Å². The number of halogens is 1. The fourth-order valence-electron chi connectivity index (χ4n) is 3.41. The van der Waals surface area contributed by atoms with E-state index < -0.39 is 10.0 Å². The molecule has 1 amide bonds. The summed E-state index contributed by atoms with van der Waals surface area (Å²) in [6.45, 7) is 8.29. The Labute approximate surface area is 189 Å². The van der Waals surface area contributed by atoms with E-state index in [0.717, 1.165) is 5.69 Å². The number of carbonyl (C=O) groups is 1. The number of nitrogens with one attached hydrogen (secondary N) is 1. The molecule has 0 bridgehead atoms. The molecule has 9 heteroatoms. The van der Waals surface area contributed by atoms with Crippen LogP contribution in [0, 0.1) is 18.7 Å². The second kappa shape index (κ2) is 10.3. The number of benzene rings is 2. The molecular formula is C23H30FN3O4S. The maximum Gasteiger partial charge on any atom is 0.260 e. The third-order valence-electron chi connectivity index (χ3n) is 5.31. The molecule has 0 radical (unpaired) electrons. The van der Waals surface area contributed by atoms with Gasteiger partial charge in [-0.15, -0.1) is 0 Å². The van der Waals surface area contributed by atoms with Gasteiger partial charge in [0.25, 0.3) is 5.91 Å². The quantitative estimate of drug-likeness (QED) is 0.651. The second-order valence-electron chi connectivity index (χ2n) is 8.31. The molecule has 3 rings (SSSR count).